The van der Waals surface area contributed by atoms with Crippen LogP contribution in [0.3, 0.4) is 0 Å². The predicted octanol–water partition coefficient (Wildman–Crippen LogP) is 1.69. The van der Waals surface area contributed by atoms with Crippen molar-refractivity contribution >= 4 is 11.6 Å². The van der Waals surface area contributed by atoms with E-state index in [0.717, 1.165) is 12.1 Å². The Hall–Kier alpha value is -1.65. The van der Waals surface area contributed by atoms with Crippen LogP contribution in [0, 0.1) is 11.6 Å². The van der Waals surface area contributed by atoms with Crippen molar-refractivity contribution in [2.75, 3.05) is 5.73 Å². The molecule has 0 aliphatic carbocycles. The van der Waals surface area contributed by atoms with Gasteiger partial charge in [0.15, 0.2) is 5.82 Å². The molecule has 0 saturated heterocycles. The van der Waals surface area contributed by atoms with Crippen molar-refractivity contribution < 1.29 is 13.6 Å². The topological polar surface area (TPSA) is 55.1 Å². The average molecular weight is 214 g/mol. The van der Waals surface area contributed by atoms with Gasteiger partial charge in [0.2, 0.25) is 0 Å². The fraction of sp³-hybridized carbons (Fsp3) is 0.300. The molecule has 1 rings (SSSR count). The van der Waals surface area contributed by atoms with Gasteiger partial charge in [-0.1, -0.05) is 0 Å². The monoisotopic (exact) mass is 214 g/mol. The van der Waals surface area contributed by atoms with Gasteiger partial charge in [0, 0.05) is 6.04 Å². The van der Waals surface area contributed by atoms with E-state index in [1.165, 1.54) is 0 Å². The molecule has 0 aliphatic rings. The van der Waals surface area contributed by atoms with Crippen LogP contribution in [-0.4, -0.2) is 11.9 Å². The Kier molecular flexibility index (Phi) is 3.24. The van der Waals surface area contributed by atoms with Crippen LogP contribution in [0.25, 0.3) is 0 Å². The summed E-state index contributed by atoms with van der Waals surface area (Å²) in [5.41, 5.74) is 4.36. The van der Waals surface area contributed by atoms with Crippen LogP contribution >= 0.6 is 0 Å². The van der Waals surface area contributed by atoms with Gasteiger partial charge in [0.1, 0.15) is 11.4 Å². The van der Waals surface area contributed by atoms with E-state index in [-0.39, 0.29) is 11.7 Å². The van der Waals surface area contributed by atoms with Gasteiger partial charge in [-0.3, -0.25) is 4.79 Å². The van der Waals surface area contributed by atoms with Crippen molar-refractivity contribution in [3.8, 4) is 0 Å². The Morgan fingerprint density at radius 1 is 1.40 bits per heavy atom. The molecule has 3 N–H and O–H groups in total. The van der Waals surface area contributed by atoms with Crippen LogP contribution < -0.4 is 11.1 Å². The van der Waals surface area contributed by atoms with E-state index in [0.29, 0.717) is 0 Å². The number of hydrogen-bond acceptors (Lipinski definition) is 2. The van der Waals surface area contributed by atoms with E-state index in [2.05, 4.69) is 5.32 Å². The maximum atomic E-state index is 13.3. The van der Waals surface area contributed by atoms with Gasteiger partial charge in [-0.2, -0.15) is 0 Å². The van der Waals surface area contributed by atoms with Crippen LogP contribution in [0.5, 0.6) is 0 Å². The summed E-state index contributed by atoms with van der Waals surface area (Å²) in [5, 5.41) is 2.39. The zero-order valence-electron chi connectivity index (χ0n) is 8.47. The van der Waals surface area contributed by atoms with E-state index >= 15 is 0 Å². The summed E-state index contributed by atoms with van der Waals surface area (Å²) < 4.78 is 26.5. The van der Waals surface area contributed by atoms with Crippen LogP contribution in [0.4, 0.5) is 14.5 Å². The van der Waals surface area contributed by atoms with Gasteiger partial charge in [0.25, 0.3) is 5.91 Å². The molecule has 0 aliphatic heterocycles. The van der Waals surface area contributed by atoms with E-state index in [4.69, 9.17) is 5.73 Å². The first-order chi connectivity index (χ1) is 6.93. The van der Waals surface area contributed by atoms with E-state index < -0.39 is 23.1 Å². The van der Waals surface area contributed by atoms with Crippen LogP contribution in [0.15, 0.2) is 12.1 Å². The molecule has 0 atom stereocenters. The first-order valence-electron chi connectivity index (χ1n) is 4.47. The van der Waals surface area contributed by atoms with E-state index in [1.54, 1.807) is 13.8 Å². The number of nitrogen functional groups attached to an aromatic ring is 1. The predicted molar refractivity (Wildman–Crippen MR) is 53.4 cm³/mol. The minimum atomic E-state index is -1.02. The van der Waals surface area contributed by atoms with Crippen LogP contribution in [0.1, 0.15) is 24.2 Å². The number of anilines is 1. The summed E-state index contributed by atoms with van der Waals surface area (Å²) in [4.78, 5) is 11.4. The molecule has 1 amide bonds. The molecule has 0 heterocycles. The Bertz CT molecular complexity index is 391. The summed E-state index contributed by atoms with van der Waals surface area (Å²) >= 11 is 0. The lowest BCUT2D eigenvalue weighted by molar-refractivity contribution is 0.0935. The lowest BCUT2D eigenvalue weighted by Gasteiger charge is -2.10. The molecule has 0 spiro atoms. The van der Waals surface area contributed by atoms with Gasteiger partial charge in [-0.05, 0) is 26.0 Å². The highest BCUT2D eigenvalue weighted by molar-refractivity contribution is 5.95. The largest absolute Gasteiger partial charge is 0.396 e. The zero-order chi connectivity index (χ0) is 11.6. The Morgan fingerprint density at radius 2 is 2.00 bits per heavy atom. The molecule has 15 heavy (non-hydrogen) atoms. The number of halogens is 2. The molecule has 82 valence electrons. The molecule has 3 nitrogen and oxygen atoms in total. The maximum absolute atomic E-state index is 13.3. The number of nitrogens with one attached hydrogen (secondary N) is 1. The normalized spacial score (nSPS) is 10.5. The quantitative estimate of drug-likeness (QED) is 0.736. The summed E-state index contributed by atoms with van der Waals surface area (Å²) in [5.74, 6) is -2.74. The van der Waals surface area contributed by atoms with Crippen LogP contribution in [-0.2, 0) is 0 Å². The number of rotatable bonds is 2. The zero-order valence-corrected chi connectivity index (χ0v) is 8.47. The molecule has 0 aromatic heterocycles. The highest BCUT2D eigenvalue weighted by atomic mass is 19.1. The van der Waals surface area contributed by atoms with Crippen molar-refractivity contribution in [3.63, 3.8) is 0 Å². The molecule has 0 fully saturated rings. The minimum Gasteiger partial charge on any atom is -0.396 e. The van der Waals surface area contributed by atoms with E-state index in [1.807, 2.05) is 0 Å². The van der Waals surface area contributed by atoms with Crippen molar-refractivity contribution in [3.05, 3.63) is 29.3 Å². The minimum absolute atomic E-state index is 0.197. The third-order valence-corrected chi connectivity index (χ3v) is 1.77. The molecular weight excluding hydrogens is 202 g/mol. The second-order valence-electron chi connectivity index (χ2n) is 3.45. The van der Waals surface area contributed by atoms with Gasteiger partial charge in [-0.25, -0.2) is 8.78 Å². The molecule has 0 radical (unpaired) electrons. The third kappa shape index (κ3) is 2.43. The van der Waals surface area contributed by atoms with Crippen molar-refractivity contribution in [1.29, 1.82) is 0 Å². The Morgan fingerprint density at radius 3 is 2.53 bits per heavy atom. The molecule has 0 saturated carbocycles. The highest BCUT2D eigenvalue weighted by Crippen LogP contribution is 2.18. The summed E-state index contributed by atoms with van der Waals surface area (Å²) in [6, 6.07) is 1.85. The van der Waals surface area contributed by atoms with E-state index in [9.17, 15) is 13.6 Å². The van der Waals surface area contributed by atoms with Gasteiger partial charge in [-0.15, -0.1) is 0 Å². The summed E-state index contributed by atoms with van der Waals surface area (Å²) in [6.45, 7) is 3.39. The number of nitrogens with two attached hydrogens (primary N) is 1. The summed E-state index contributed by atoms with van der Waals surface area (Å²) in [6.07, 6.45) is 0. The van der Waals surface area contributed by atoms with Crippen LogP contribution in [0.2, 0.25) is 0 Å². The highest BCUT2D eigenvalue weighted by Gasteiger charge is 2.19. The smallest absolute Gasteiger partial charge is 0.257 e. The Labute approximate surface area is 86.3 Å². The second-order valence-corrected chi connectivity index (χ2v) is 3.45. The number of carbonyl (C=O) groups excluding carboxylic acids is 1. The number of carbonyl (C=O) groups is 1. The number of benzene rings is 1. The SMILES string of the molecule is CC(C)NC(=O)c1c(F)ccc(N)c1F. The standard InChI is InChI=1S/C10H12F2N2O/c1-5(2)14-10(15)8-6(11)3-4-7(13)9(8)12/h3-5H,13H2,1-2H3,(H,14,15). The Balaban J connectivity index is 3.13. The maximum Gasteiger partial charge on any atom is 0.257 e. The molecule has 1 aromatic rings. The second kappa shape index (κ2) is 4.25. The molecule has 0 bridgehead atoms. The lowest BCUT2D eigenvalue weighted by Crippen LogP contribution is -2.31. The van der Waals surface area contributed by atoms with Gasteiger partial charge >= 0.3 is 0 Å². The first-order valence-corrected chi connectivity index (χ1v) is 4.47. The van der Waals surface area contributed by atoms with Gasteiger partial charge in [0.05, 0.1) is 5.69 Å². The fourth-order valence-electron chi connectivity index (χ4n) is 1.11. The molecule has 0 unspecified atom stereocenters. The fourth-order valence-corrected chi connectivity index (χ4v) is 1.11. The van der Waals surface area contributed by atoms with Gasteiger partial charge < -0.3 is 11.1 Å². The molecule has 5 heteroatoms. The summed E-state index contributed by atoms with van der Waals surface area (Å²) in [7, 11) is 0. The lowest BCUT2D eigenvalue weighted by atomic mass is 10.1. The average Bonchev–Trinajstić information content (AvgIpc) is 2.11. The number of amides is 1. The molecule has 1 aromatic carbocycles. The first kappa shape index (κ1) is 11.4. The molecular formula is C10H12F2N2O. The van der Waals surface area contributed by atoms with Crippen molar-refractivity contribution in [1.82, 2.24) is 5.32 Å². The number of hydrogen-bond donors (Lipinski definition) is 2. The van der Waals surface area contributed by atoms with Crippen molar-refractivity contribution in [2.24, 2.45) is 0 Å². The third-order valence-electron chi connectivity index (χ3n) is 1.77. The van der Waals surface area contributed by atoms with Crippen molar-refractivity contribution in [2.45, 2.75) is 19.9 Å².